The molecular weight excluding hydrogens is 431 g/mol. The van der Waals surface area contributed by atoms with Gasteiger partial charge in [-0.1, -0.05) is 29.3 Å². The predicted octanol–water partition coefficient (Wildman–Crippen LogP) is 3.83. The molecule has 1 aliphatic heterocycles. The van der Waals surface area contributed by atoms with Crippen LogP contribution in [0.1, 0.15) is 46.7 Å². The minimum Gasteiger partial charge on any atom is -0.348 e. The molecule has 2 amide bonds. The van der Waals surface area contributed by atoms with E-state index in [0.29, 0.717) is 21.5 Å². The number of rotatable bonds is 6. The number of hydrogen-bond acceptors (Lipinski definition) is 5. The maximum absolute atomic E-state index is 12.4. The molecule has 0 spiro atoms. The highest BCUT2D eigenvalue weighted by molar-refractivity contribution is 7.11. The summed E-state index contributed by atoms with van der Waals surface area (Å²) < 4.78 is 0. The topological polar surface area (TPSA) is 74.3 Å². The van der Waals surface area contributed by atoms with Crippen molar-refractivity contribution in [3.05, 3.63) is 49.9 Å². The van der Waals surface area contributed by atoms with Crippen molar-refractivity contribution in [3.8, 4) is 0 Å². The average molecular weight is 455 g/mol. The maximum atomic E-state index is 12.4. The lowest BCUT2D eigenvalue weighted by atomic mass is 10.0. The Morgan fingerprint density at radius 3 is 2.66 bits per heavy atom. The van der Waals surface area contributed by atoms with Crippen LogP contribution in [0.4, 0.5) is 0 Å². The zero-order valence-electron chi connectivity index (χ0n) is 16.4. The fourth-order valence-corrected chi connectivity index (χ4v) is 4.70. The molecule has 1 aromatic carbocycles. The van der Waals surface area contributed by atoms with Gasteiger partial charge >= 0.3 is 0 Å². The number of carbonyl (C=O) groups is 2. The number of nitrogens with zero attached hydrogens (tertiary/aromatic N) is 2. The first kappa shape index (κ1) is 22.0. The van der Waals surface area contributed by atoms with Gasteiger partial charge in [0, 0.05) is 29.2 Å². The minimum absolute atomic E-state index is 0.0497. The monoisotopic (exact) mass is 454 g/mol. The fraction of sp³-hybridized carbons (Fsp3) is 0.450. The van der Waals surface area contributed by atoms with Gasteiger partial charge < -0.3 is 10.6 Å². The van der Waals surface area contributed by atoms with Gasteiger partial charge in [0.1, 0.15) is 4.88 Å². The fourth-order valence-electron chi connectivity index (χ4n) is 3.43. The van der Waals surface area contributed by atoms with Gasteiger partial charge in [-0.05, 0) is 44.4 Å². The Kier molecular flexibility index (Phi) is 7.51. The Hall–Kier alpha value is -1.67. The van der Waals surface area contributed by atoms with E-state index >= 15 is 0 Å². The van der Waals surface area contributed by atoms with Gasteiger partial charge in [0.15, 0.2) is 0 Å². The second kappa shape index (κ2) is 9.89. The van der Waals surface area contributed by atoms with E-state index in [2.05, 4.69) is 20.5 Å². The smallest absolute Gasteiger partial charge is 0.263 e. The van der Waals surface area contributed by atoms with Crippen LogP contribution < -0.4 is 10.6 Å². The number of nitrogens with one attached hydrogen (secondary N) is 2. The van der Waals surface area contributed by atoms with Crippen molar-refractivity contribution >= 4 is 46.4 Å². The van der Waals surface area contributed by atoms with Crippen molar-refractivity contribution in [2.24, 2.45) is 0 Å². The summed E-state index contributed by atoms with van der Waals surface area (Å²) in [6.07, 6.45) is 1.63. The summed E-state index contributed by atoms with van der Waals surface area (Å²) in [5.74, 6) is -0.110. The summed E-state index contributed by atoms with van der Waals surface area (Å²) in [6.45, 7) is 5.58. The van der Waals surface area contributed by atoms with E-state index in [0.717, 1.165) is 37.2 Å². The van der Waals surface area contributed by atoms with E-state index in [1.165, 1.54) is 11.3 Å². The van der Waals surface area contributed by atoms with Crippen molar-refractivity contribution in [3.63, 3.8) is 0 Å². The maximum Gasteiger partial charge on any atom is 0.263 e. The number of aromatic nitrogens is 1. The van der Waals surface area contributed by atoms with E-state index < -0.39 is 0 Å². The molecule has 1 aromatic heterocycles. The average Bonchev–Trinajstić information content (AvgIpc) is 3.09. The van der Waals surface area contributed by atoms with Crippen molar-refractivity contribution < 1.29 is 9.59 Å². The molecule has 0 saturated carbocycles. The quantitative estimate of drug-likeness (QED) is 0.695. The first-order valence-corrected chi connectivity index (χ1v) is 11.1. The molecule has 2 heterocycles. The molecule has 1 unspecified atom stereocenters. The van der Waals surface area contributed by atoms with E-state index in [-0.39, 0.29) is 23.9 Å². The van der Waals surface area contributed by atoms with E-state index in [1.807, 2.05) is 19.9 Å². The van der Waals surface area contributed by atoms with Gasteiger partial charge in [-0.15, -0.1) is 11.3 Å². The zero-order chi connectivity index (χ0) is 21.0. The first-order valence-electron chi connectivity index (χ1n) is 9.51. The second-order valence-corrected chi connectivity index (χ2v) is 8.94. The number of aryl methyl sites for hydroxylation is 1. The van der Waals surface area contributed by atoms with E-state index in [1.54, 1.807) is 17.6 Å². The summed E-state index contributed by atoms with van der Waals surface area (Å²) in [5, 5.41) is 7.17. The summed E-state index contributed by atoms with van der Waals surface area (Å²) >= 11 is 13.5. The normalized spacial score (nSPS) is 16.4. The summed E-state index contributed by atoms with van der Waals surface area (Å²) in [5.41, 5.74) is 3.28. The molecule has 156 valence electrons. The van der Waals surface area contributed by atoms with Crippen molar-refractivity contribution in [2.45, 2.75) is 38.8 Å². The van der Waals surface area contributed by atoms with Gasteiger partial charge in [0.2, 0.25) is 5.91 Å². The molecule has 0 radical (unpaired) electrons. The number of amides is 2. The van der Waals surface area contributed by atoms with Crippen LogP contribution in [0, 0.1) is 6.92 Å². The molecule has 1 saturated heterocycles. The number of hydrogen-bond donors (Lipinski definition) is 2. The summed E-state index contributed by atoms with van der Waals surface area (Å²) in [4.78, 5) is 31.6. The van der Waals surface area contributed by atoms with Gasteiger partial charge in [0.25, 0.3) is 5.91 Å². The van der Waals surface area contributed by atoms with Gasteiger partial charge in [-0.25, -0.2) is 4.98 Å². The Morgan fingerprint density at radius 2 is 2.03 bits per heavy atom. The number of likely N-dealkylation sites (tertiary alicyclic amines) is 1. The zero-order valence-corrected chi connectivity index (χ0v) is 18.7. The summed E-state index contributed by atoms with van der Waals surface area (Å²) in [6, 6.07) is 5.18. The molecular formula is C20H24Cl2N4O2S. The van der Waals surface area contributed by atoms with Gasteiger partial charge in [-0.2, -0.15) is 0 Å². The van der Waals surface area contributed by atoms with E-state index in [4.69, 9.17) is 23.2 Å². The summed E-state index contributed by atoms with van der Waals surface area (Å²) in [7, 11) is 0. The number of carbonyl (C=O) groups excluding carboxylic acids is 2. The van der Waals surface area contributed by atoms with Crippen LogP contribution in [0.25, 0.3) is 0 Å². The van der Waals surface area contributed by atoms with Crippen LogP contribution in [0.2, 0.25) is 10.0 Å². The van der Waals surface area contributed by atoms with Gasteiger partial charge in [0.05, 0.1) is 23.8 Å². The standard InChI is InChI=1S/C20H24Cl2N4O2S/c1-12(16-4-3-14(21)9-17(16)22)24-18(27)10-26-7-5-15(6-8-26)25-20(28)19-13(2)23-11-29-19/h3-4,9,11-12,15H,5-8,10H2,1-2H3,(H,24,27)(H,25,28). The van der Waals surface area contributed by atoms with Crippen LogP contribution in [0.3, 0.4) is 0 Å². The van der Waals surface area contributed by atoms with Crippen LogP contribution in [-0.2, 0) is 4.79 Å². The number of benzene rings is 1. The molecule has 3 rings (SSSR count). The van der Waals surface area contributed by atoms with Crippen molar-refractivity contribution in [1.29, 1.82) is 0 Å². The lowest BCUT2D eigenvalue weighted by Crippen LogP contribution is -2.47. The SMILES string of the molecule is Cc1ncsc1C(=O)NC1CCN(CC(=O)NC(C)c2ccc(Cl)cc2Cl)CC1. The third-order valence-electron chi connectivity index (χ3n) is 5.05. The molecule has 2 aromatic rings. The van der Waals surface area contributed by atoms with E-state index in [9.17, 15) is 9.59 Å². The molecule has 6 nitrogen and oxygen atoms in total. The minimum atomic E-state index is -0.202. The van der Waals surface area contributed by atoms with Crippen LogP contribution >= 0.6 is 34.5 Å². The Labute approximate surface area is 184 Å². The number of thiazole rings is 1. The van der Waals surface area contributed by atoms with Crippen molar-refractivity contribution in [1.82, 2.24) is 20.5 Å². The third-order valence-corrected chi connectivity index (χ3v) is 6.54. The molecule has 0 bridgehead atoms. The Morgan fingerprint density at radius 1 is 1.31 bits per heavy atom. The highest BCUT2D eigenvalue weighted by Crippen LogP contribution is 2.26. The predicted molar refractivity (Wildman–Crippen MR) is 117 cm³/mol. The highest BCUT2D eigenvalue weighted by atomic mass is 35.5. The van der Waals surface area contributed by atoms with Crippen LogP contribution in [0.5, 0.6) is 0 Å². The molecule has 0 aliphatic carbocycles. The number of piperidine rings is 1. The van der Waals surface area contributed by atoms with Crippen molar-refractivity contribution in [2.75, 3.05) is 19.6 Å². The molecule has 1 fully saturated rings. The van der Waals surface area contributed by atoms with Crippen LogP contribution in [0.15, 0.2) is 23.7 Å². The molecule has 1 atom stereocenters. The third kappa shape index (κ3) is 5.92. The highest BCUT2D eigenvalue weighted by Gasteiger charge is 2.24. The first-order chi connectivity index (χ1) is 13.8. The molecule has 29 heavy (non-hydrogen) atoms. The largest absolute Gasteiger partial charge is 0.348 e. The lowest BCUT2D eigenvalue weighted by Gasteiger charge is -2.32. The Bertz CT molecular complexity index is 881. The number of halogens is 2. The second-order valence-electron chi connectivity index (χ2n) is 7.25. The molecule has 1 aliphatic rings. The lowest BCUT2D eigenvalue weighted by molar-refractivity contribution is -0.123. The molecule has 2 N–H and O–H groups in total. The Balaban J connectivity index is 1.43. The van der Waals surface area contributed by atoms with Crippen LogP contribution in [-0.4, -0.2) is 47.4 Å². The molecule has 9 heteroatoms. The van der Waals surface area contributed by atoms with Gasteiger partial charge in [-0.3, -0.25) is 14.5 Å².